The minimum absolute atomic E-state index is 0.386. The van der Waals surface area contributed by atoms with Gasteiger partial charge in [-0.25, -0.2) is 0 Å². The molecule has 0 radical (unpaired) electrons. The van der Waals surface area contributed by atoms with E-state index < -0.39 is 0 Å². The van der Waals surface area contributed by atoms with Crippen molar-refractivity contribution < 1.29 is 19.6 Å². The summed E-state index contributed by atoms with van der Waals surface area (Å²) in [6, 6.07) is 3.75. The third kappa shape index (κ3) is 3.10. The Morgan fingerprint density at radius 3 is 2.50 bits per heavy atom. The van der Waals surface area contributed by atoms with Gasteiger partial charge < -0.3 is 19.6 Å². The molecule has 1 atom stereocenters. The standard InChI is InChI=1S/C18H27NO3/c20-16(11-21-12-17-2-1-3-22-17)10-19-18-7-13-4-14(8-18)6-15(5-13)9-18/h1-3,13-16,19-20H,4-12H2/p+1/t13?,14?,15?,16-,18?/m0/s1. The smallest absolute Gasteiger partial charge is 0.129 e. The maximum atomic E-state index is 10.2. The molecule has 0 aromatic carbocycles. The lowest BCUT2D eigenvalue weighted by Gasteiger charge is -2.54. The average molecular weight is 306 g/mol. The molecule has 22 heavy (non-hydrogen) atoms. The summed E-state index contributed by atoms with van der Waals surface area (Å²) < 4.78 is 10.8. The molecule has 1 heterocycles. The number of furan rings is 1. The van der Waals surface area contributed by atoms with E-state index in [0.29, 0.717) is 18.8 Å². The largest absolute Gasteiger partial charge is 0.467 e. The van der Waals surface area contributed by atoms with Crippen LogP contribution in [-0.2, 0) is 11.3 Å². The van der Waals surface area contributed by atoms with Crippen molar-refractivity contribution in [3.8, 4) is 0 Å². The first-order valence-corrected chi connectivity index (χ1v) is 8.83. The second-order valence-corrected chi connectivity index (χ2v) is 7.97. The van der Waals surface area contributed by atoms with E-state index >= 15 is 0 Å². The molecule has 1 aromatic rings. The maximum Gasteiger partial charge on any atom is 0.129 e. The molecule has 1 aromatic heterocycles. The summed E-state index contributed by atoms with van der Waals surface area (Å²) in [4.78, 5) is 0. The zero-order valence-corrected chi connectivity index (χ0v) is 13.2. The number of ether oxygens (including phenoxy) is 1. The van der Waals surface area contributed by atoms with Crippen LogP contribution in [0.2, 0.25) is 0 Å². The van der Waals surface area contributed by atoms with E-state index in [1.54, 1.807) is 6.26 Å². The molecule has 4 fully saturated rings. The van der Waals surface area contributed by atoms with Gasteiger partial charge >= 0.3 is 0 Å². The van der Waals surface area contributed by atoms with Crippen LogP contribution in [0.1, 0.15) is 44.3 Å². The summed E-state index contributed by atoms with van der Waals surface area (Å²) in [5.74, 6) is 3.72. The highest BCUT2D eigenvalue weighted by Gasteiger charge is 2.53. The van der Waals surface area contributed by atoms with Crippen molar-refractivity contribution in [1.82, 2.24) is 0 Å². The van der Waals surface area contributed by atoms with E-state index in [0.717, 1.165) is 30.1 Å². The van der Waals surface area contributed by atoms with E-state index in [9.17, 15) is 5.11 Å². The number of quaternary nitrogens is 1. The topological polar surface area (TPSA) is 59.2 Å². The Labute approximate surface area is 132 Å². The number of hydrogen-bond donors (Lipinski definition) is 2. The summed E-state index contributed by atoms with van der Waals surface area (Å²) in [5, 5.41) is 12.6. The number of nitrogens with two attached hydrogens (primary N) is 1. The van der Waals surface area contributed by atoms with Crippen molar-refractivity contribution in [2.24, 2.45) is 17.8 Å². The summed E-state index contributed by atoms with van der Waals surface area (Å²) in [5.41, 5.74) is 0.441. The van der Waals surface area contributed by atoms with Crippen molar-refractivity contribution >= 4 is 0 Å². The first-order valence-electron chi connectivity index (χ1n) is 8.83. The van der Waals surface area contributed by atoms with Gasteiger partial charge in [-0.2, -0.15) is 0 Å². The van der Waals surface area contributed by atoms with Crippen LogP contribution in [0.5, 0.6) is 0 Å². The van der Waals surface area contributed by atoms with E-state index in [-0.39, 0.29) is 6.10 Å². The minimum Gasteiger partial charge on any atom is -0.467 e. The molecule has 0 unspecified atom stereocenters. The van der Waals surface area contributed by atoms with Crippen LogP contribution in [0.3, 0.4) is 0 Å². The number of aliphatic hydroxyl groups is 1. The lowest BCUT2D eigenvalue weighted by Crippen LogP contribution is -3.00. The van der Waals surface area contributed by atoms with Crippen LogP contribution in [0, 0.1) is 17.8 Å². The van der Waals surface area contributed by atoms with E-state index in [1.165, 1.54) is 38.5 Å². The second kappa shape index (κ2) is 5.99. The SMILES string of the molecule is O[C@@H](C[NH2+]C12CC3CC(CC(C3)C1)C2)COCc1ccco1. The molecule has 4 heteroatoms. The molecule has 4 aliphatic rings. The van der Waals surface area contributed by atoms with Gasteiger partial charge in [0.2, 0.25) is 0 Å². The Morgan fingerprint density at radius 2 is 1.91 bits per heavy atom. The van der Waals surface area contributed by atoms with Gasteiger partial charge in [-0.1, -0.05) is 0 Å². The Kier molecular flexibility index (Phi) is 4.01. The molecule has 5 rings (SSSR count). The molecule has 4 nitrogen and oxygen atoms in total. The van der Waals surface area contributed by atoms with Crippen molar-refractivity contribution in [3.63, 3.8) is 0 Å². The summed E-state index contributed by atoms with van der Waals surface area (Å²) >= 11 is 0. The predicted octanol–water partition coefficient (Wildman–Crippen LogP) is 1.69. The summed E-state index contributed by atoms with van der Waals surface area (Å²) in [6.45, 7) is 1.61. The molecule has 4 bridgehead atoms. The molecular formula is C18H28NO3+. The Bertz CT molecular complexity index is 449. The highest BCUT2D eigenvalue weighted by atomic mass is 16.5. The van der Waals surface area contributed by atoms with E-state index in [2.05, 4.69) is 5.32 Å². The fraction of sp³-hybridized carbons (Fsp3) is 0.778. The van der Waals surface area contributed by atoms with Crippen molar-refractivity contribution in [2.45, 2.75) is 56.8 Å². The molecule has 0 spiro atoms. The monoisotopic (exact) mass is 306 g/mol. The van der Waals surface area contributed by atoms with Gasteiger partial charge in [0, 0.05) is 19.3 Å². The van der Waals surface area contributed by atoms with Crippen molar-refractivity contribution in [1.29, 1.82) is 0 Å². The fourth-order valence-electron chi connectivity index (χ4n) is 5.57. The lowest BCUT2D eigenvalue weighted by molar-refractivity contribution is -0.743. The average Bonchev–Trinajstić information content (AvgIpc) is 2.97. The first kappa shape index (κ1) is 14.7. The summed E-state index contributed by atoms with van der Waals surface area (Å²) in [7, 11) is 0. The van der Waals surface area contributed by atoms with Gasteiger partial charge in [-0.05, 0) is 49.1 Å². The Morgan fingerprint density at radius 1 is 1.23 bits per heavy atom. The first-order chi connectivity index (χ1) is 10.7. The number of hydrogen-bond acceptors (Lipinski definition) is 3. The second-order valence-electron chi connectivity index (χ2n) is 7.97. The summed E-state index contributed by atoms with van der Waals surface area (Å²) in [6.07, 6.45) is 9.81. The number of aliphatic hydroxyl groups excluding tert-OH is 1. The molecule has 0 saturated heterocycles. The Balaban J connectivity index is 1.22. The van der Waals surface area contributed by atoms with Crippen LogP contribution in [0.4, 0.5) is 0 Å². The van der Waals surface area contributed by atoms with Gasteiger partial charge in [0.05, 0.1) is 18.4 Å². The van der Waals surface area contributed by atoms with Gasteiger partial charge in [0.25, 0.3) is 0 Å². The predicted molar refractivity (Wildman–Crippen MR) is 82.1 cm³/mol. The molecule has 0 amide bonds. The molecule has 4 saturated carbocycles. The van der Waals surface area contributed by atoms with Crippen LogP contribution in [-0.4, -0.2) is 29.9 Å². The highest BCUT2D eigenvalue weighted by Crippen LogP contribution is 2.54. The molecular weight excluding hydrogens is 278 g/mol. The normalized spacial score (nSPS) is 37.6. The van der Waals surface area contributed by atoms with Gasteiger partial charge in [0.1, 0.15) is 25.0 Å². The highest BCUT2D eigenvalue weighted by molar-refractivity contribution is 5.01. The zero-order valence-electron chi connectivity index (χ0n) is 13.2. The fourth-order valence-corrected chi connectivity index (χ4v) is 5.57. The zero-order chi connectivity index (χ0) is 15.0. The Hall–Kier alpha value is -0.840. The third-order valence-electron chi connectivity index (χ3n) is 6.04. The molecule has 3 N–H and O–H groups in total. The van der Waals surface area contributed by atoms with Gasteiger partial charge in [0.15, 0.2) is 0 Å². The van der Waals surface area contributed by atoms with E-state index in [4.69, 9.17) is 9.15 Å². The van der Waals surface area contributed by atoms with Crippen LogP contribution >= 0.6 is 0 Å². The lowest BCUT2D eigenvalue weighted by atomic mass is 9.53. The van der Waals surface area contributed by atoms with Crippen LogP contribution < -0.4 is 5.32 Å². The van der Waals surface area contributed by atoms with Gasteiger partial charge in [-0.15, -0.1) is 0 Å². The maximum absolute atomic E-state index is 10.2. The number of rotatable bonds is 7. The molecule has 122 valence electrons. The van der Waals surface area contributed by atoms with E-state index in [1.807, 2.05) is 12.1 Å². The van der Waals surface area contributed by atoms with Crippen molar-refractivity contribution in [3.05, 3.63) is 24.2 Å². The van der Waals surface area contributed by atoms with Gasteiger partial charge in [-0.3, -0.25) is 0 Å². The molecule has 4 aliphatic carbocycles. The van der Waals surface area contributed by atoms with Crippen LogP contribution in [0.25, 0.3) is 0 Å². The third-order valence-corrected chi connectivity index (χ3v) is 6.04. The minimum atomic E-state index is -0.386. The molecule has 0 aliphatic heterocycles. The quantitative estimate of drug-likeness (QED) is 0.806. The van der Waals surface area contributed by atoms with Crippen molar-refractivity contribution in [2.75, 3.05) is 13.2 Å². The van der Waals surface area contributed by atoms with Crippen LogP contribution in [0.15, 0.2) is 22.8 Å².